The molecule has 1 aliphatic heterocycles. The summed E-state index contributed by atoms with van der Waals surface area (Å²) < 4.78 is 50.1. The fourth-order valence-corrected chi connectivity index (χ4v) is 6.30. The van der Waals surface area contributed by atoms with Crippen LogP contribution in [0.4, 0.5) is 5.69 Å². The second kappa shape index (κ2) is 5.58. The van der Waals surface area contributed by atoms with Crippen molar-refractivity contribution < 1.29 is 16.8 Å². The molecule has 1 aromatic rings. The summed E-state index contributed by atoms with van der Waals surface area (Å²) in [5.74, 6) is -0.281. The predicted octanol–water partition coefficient (Wildman–Crippen LogP) is 0.639. The van der Waals surface area contributed by atoms with Crippen molar-refractivity contribution in [3.05, 3.63) is 23.8 Å². The Morgan fingerprint density at radius 3 is 2.62 bits per heavy atom. The first-order valence-electron chi connectivity index (χ1n) is 6.78. The Labute approximate surface area is 125 Å². The Hall–Kier alpha value is -1.12. The Morgan fingerprint density at radius 1 is 1.38 bits per heavy atom. The highest BCUT2D eigenvalue weighted by molar-refractivity contribution is 7.92. The van der Waals surface area contributed by atoms with Gasteiger partial charge in [-0.1, -0.05) is 13.0 Å². The lowest BCUT2D eigenvalue weighted by molar-refractivity contribution is 0.356. The number of anilines is 1. The van der Waals surface area contributed by atoms with Crippen molar-refractivity contribution >= 4 is 25.5 Å². The second-order valence-corrected chi connectivity index (χ2v) is 9.39. The number of nitrogen functional groups attached to an aromatic ring is 1. The first-order chi connectivity index (χ1) is 9.67. The Bertz CT molecular complexity index is 741. The van der Waals surface area contributed by atoms with E-state index in [1.165, 1.54) is 10.4 Å². The lowest BCUT2D eigenvalue weighted by Crippen LogP contribution is -2.49. The van der Waals surface area contributed by atoms with Crippen molar-refractivity contribution in [2.45, 2.75) is 31.2 Å². The van der Waals surface area contributed by atoms with Crippen LogP contribution >= 0.6 is 0 Å². The molecule has 0 aromatic heterocycles. The minimum absolute atomic E-state index is 0.0101. The Kier molecular flexibility index (Phi) is 4.32. The third-order valence-corrected chi connectivity index (χ3v) is 7.56. The number of nitrogens with two attached hydrogens (primary N) is 1. The van der Waals surface area contributed by atoms with Crippen LogP contribution in [-0.2, 0) is 26.3 Å². The molecule has 2 N–H and O–H groups in total. The number of benzene rings is 1. The fourth-order valence-electron chi connectivity index (χ4n) is 2.57. The molecule has 21 heavy (non-hydrogen) atoms. The summed E-state index contributed by atoms with van der Waals surface area (Å²) in [6.07, 6.45) is 0.565. The van der Waals surface area contributed by atoms with Gasteiger partial charge < -0.3 is 5.73 Å². The van der Waals surface area contributed by atoms with Gasteiger partial charge in [0.05, 0.1) is 16.4 Å². The van der Waals surface area contributed by atoms with Crippen LogP contribution in [0.15, 0.2) is 23.1 Å². The minimum atomic E-state index is -3.74. The standard InChI is InChI=1S/C13H20N2O4S2/c1-3-11-4-5-12(14)8-13(11)21(18,19)15-6-7-20(16,17)9-10(15)2/h4-5,8,10H,3,6-7,9,14H2,1-2H3. The van der Waals surface area contributed by atoms with Gasteiger partial charge in [-0.3, -0.25) is 0 Å². The van der Waals surface area contributed by atoms with E-state index in [4.69, 9.17) is 5.73 Å². The zero-order valence-corrected chi connectivity index (χ0v) is 13.7. The lowest BCUT2D eigenvalue weighted by atomic mass is 10.1. The van der Waals surface area contributed by atoms with Crippen LogP contribution in [0.5, 0.6) is 0 Å². The average Bonchev–Trinajstić information content (AvgIpc) is 2.37. The molecule has 1 heterocycles. The first-order valence-corrected chi connectivity index (χ1v) is 10.0. The van der Waals surface area contributed by atoms with E-state index in [1.54, 1.807) is 19.1 Å². The number of hydrogen-bond donors (Lipinski definition) is 1. The lowest BCUT2D eigenvalue weighted by Gasteiger charge is -2.32. The van der Waals surface area contributed by atoms with Crippen molar-refractivity contribution in [3.63, 3.8) is 0 Å². The van der Waals surface area contributed by atoms with E-state index in [2.05, 4.69) is 0 Å². The summed E-state index contributed by atoms with van der Waals surface area (Å²) in [4.78, 5) is 0.177. The van der Waals surface area contributed by atoms with Gasteiger partial charge in [0.2, 0.25) is 10.0 Å². The number of rotatable bonds is 3. The van der Waals surface area contributed by atoms with Crippen LogP contribution in [0.2, 0.25) is 0 Å². The highest BCUT2D eigenvalue weighted by Crippen LogP contribution is 2.27. The zero-order chi connectivity index (χ0) is 15.8. The number of sulfonamides is 1. The molecule has 0 saturated carbocycles. The third kappa shape index (κ3) is 3.22. The van der Waals surface area contributed by atoms with Crippen LogP contribution in [0, 0.1) is 0 Å². The Morgan fingerprint density at radius 2 is 2.05 bits per heavy atom. The SMILES string of the molecule is CCc1ccc(N)cc1S(=O)(=O)N1CCS(=O)(=O)CC1C. The van der Waals surface area contributed by atoms with E-state index < -0.39 is 25.9 Å². The Balaban J connectivity index is 2.46. The van der Waals surface area contributed by atoms with Crippen LogP contribution in [0.25, 0.3) is 0 Å². The van der Waals surface area contributed by atoms with Gasteiger partial charge in [0.15, 0.2) is 9.84 Å². The van der Waals surface area contributed by atoms with Crippen LogP contribution in [-0.4, -0.2) is 45.2 Å². The molecule has 0 bridgehead atoms. The normalized spacial score (nSPS) is 23.0. The summed E-state index contributed by atoms with van der Waals surface area (Å²) in [5.41, 5.74) is 6.77. The molecule has 0 aliphatic carbocycles. The number of aryl methyl sites for hydroxylation is 1. The molecule has 2 rings (SSSR count). The molecule has 8 heteroatoms. The zero-order valence-electron chi connectivity index (χ0n) is 12.1. The van der Waals surface area contributed by atoms with Crippen LogP contribution in [0.3, 0.4) is 0 Å². The summed E-state index contributed by atoms with van der Waals surface area (Å²) in [6, 6.07) is 4.25. The molecular weight excluding hydrogens is 312 g/mol. The molecule has 1 unspecified atom stereocenters. The summed E-state index contributed by atoms with van der Waals surface area (Å²) >= 11 is 0. The summed E-state index contributed by atoms with van der Waals surface area (Å²) in [5, 5.41) is 0. The third-order valence-electron chi connectivity index (χ3n) is 3.67. The van der Waals surface area contributed by atoms with E-state index in [-0.39, 0.29) is 22.9 Å². The molecule has 6 nitrogen and oxygen atoms in total. The topological polar surface area (TPSA) is 97.5 Å². The van der Waals surface area contributed by atoms with Crippen molar-refractivity contribution in [2.24, 2.45) is 0 Å². The highest BCUT2D eigenvalue weighted by atomic mass is 32.2. The van der Waals surface area contributed by atoms with E-state index >= 15 is 0 Å². The highest BCUT2D eigenvalue weighted by Gasteiger charge is 2.37. The summed E-state index contributed by atoms with van der Waals surface area (Å²) in [7, 11) is -6.90. The number of hydrogen-bond acceptors (Lipinski definition) is 5. The molecule has 1 fully saturated rings. The number of nitrogens with zero attached hydrogens (tertiary/aromatic N) is 1. The van der Waals surface area contributed by atoms with Crippen molar-refractivity contribution in [1.82, 2.24) is 4.31 Å². The molecular formula is C13H20N2O4S2. The van der Waals surface area contributed by atoms with E-state index in [0.717, 1.165) is 0 Å². The maximum absolute atomic E-state index is 12.8. The van der Waals surface area contributed by atoms with E-state index in [0.29, 0.717) is 17.7 Å². The number of sulfone groups is 1. The largest absolute Gasteiger partial charge is 0.399 e. The maximum Gasteiger partial charge on any atom is 0.243 e. The van der Waals surface area contributed by atoms with Gasteiger partial charge in [0.1, 0.15) is 0 Å². The molecule has 0 spiro atoms. The molecule has 118 valence electrons. The molecule has 1 aliphatic rings. The van der Waals surface area contributed by atoms with E-state index in [1.807, 2.05) is 6.92 Å². The van der Waals surface area contributed by atoms with Gasteiger partial charge >= 0.3 is 0 Å². The minimum Gasteiger partial charge on any atom is -0.399 e. The van der Waals surface area contributed by atoms with Crippen molar-refractivity contribution in [3.8, 4) is 0 Å². The van der Waals surface area contributed by atoms with Gasteiger partial charge in [0.25, 0.3) is 0 Å². The van der Waals surface area contributed by atoms with Gasteiger partial charge in [-0.05, 0) is 31.0 Å². The molecule has 0 amide bonds. The summed E-state index contributed by atoms with van der Waals surface area (Å²) in [6.45, 7) is 3.48. The molecule has 1 atom stereocenters. The predicted molar refractivity (Wildman–Crippen MR) is 82.2 cm³/mol. The van der Waals surface area contributed by atoms with E-state index in [9.17, 15) is 16.8 Å². The first kappa shape index (κ1) is 16.3. The van der Waals surface area contributed by atoms with Gasteiger partial charge in [-0.15, -0.1) is 0 Å². The smallest absolute Gasteiger partial charge is 0.243 e. The maximum atomic E-state index is 12.8. The van der Waals surface area contributed by atoms with Crippen LogP contribution < -0.4 is 5.73 Å². The fraction of sp³-hybridized carbons (Fsp3) is 0.538. The van der Waals surface area contributed by atoms with Crippen molar-refractivity contribution in [1.29, 1.82) is 0 Å². The monoisotopic (exact) mass is 332 g/mol. The molecule has 0 radical (unpaired) electrons. The van der Waals surface area contributed by atoms with Crippen molar-refractivity contribution in [2.75, 3.05) is 23.8 Å². The van der Waals surface area contributed by atoms with Gasteiger partial charge in [-0.25, -0.2) is 16.8 Å². The quantitative estimate of drug-likeness (QED) is 0.819. The van der Waals surface area contributed by atoms with Crippen LogP contribution in [0.1, 0.15) is 19.4 Å². The van der Waals surface area contributed by atoms with Gasteiger partial charge in [0, 0.05) is 18.3 Å². The second-order valence-electron chi connectivity index (χ2n) is 5.30. The molecule has 1 aromatic carbocycles. The average molecular weight is 332 g/mol. The molecule has 1 saturated heterocycles. The van der Waals surface area contributed by atoms with Gasteiger partial charge in [-0.2, -0.15) is 4.31 Å².